The predicted octanol–water partition coefficient (Wildman–Crippen LogP) is -0.954. The van der Waals surface area contributed by atoms with Crippen LogP contribution in [0.15, 0.2) is 17.3 Å². The average Bonchev–Trinajstić information content (AvgIpc) is 2.51. The second kappa shape index (κ2) is 4.07. The summed E-state index contributed by atoms with van der Waals surface area (Å²) in [6, 6.07) is -0.278. The highest BCUT2D eigenvalue weighted by Crippen LogP contribution is 2.06. The second-order valence-electron chi connectivity index (χ2n) is 3.11. The van der Waals surface area contributed by atoms with Gasteiger partial charge in [-0.25, -0.2) is 13.1 Å². The third-order valence-electron chi connectivity index (χ3n) is 1.70. The number of nitrogens with one attached hydrogen (secondary N) is 1. The number of rotatable bonds is 4. The van der Waals surface area contributed by atoms with E-state index >= 15 is 0 Å². The summed E-state index contributed by atoms with van der Waals surface area (Å²) < 4.78 is 27.1. The van der Waals surface area contributed by atoms with E-state index in [4.69, 9.17) is 5.73 Å². The maximum atomic E-state index is 11.6. The van der Waals surface area contributed by atoms with E-state index < -0.39 is 10.0 Å². The summed E-state index contributed by atoms with van der Waals surface area (Å²) in [4.78, 5) is 0.153. The van der Waals surface area contributed by atoms with Crippen LogP contribution < -0.4 is 10.5 Å². The van der Waals surface area contributed by atoms with Gasteiger partial charge in [-0.3, -0.25) is 4.68 Å². The fraction of sp³-hybridized carbons (Fsp3) is 0.571. The van der Waals surface area contributed by atoms with E-state index in [1.165, 1.54) is 17.1 Å². The molecular weight excluding hydrogens is 204 g/mol. The molecule has 1 aromatic heterocycles. The van der Waals surface area contributed by atoms with E-state index in [0.29, 0.717) is 0 Å². The number of hydrogen-bond acceptors (Lipinski definition) is 4. The molecule has 1 rings (SSSR count). The molecule has 0 radical (unpaired) electrons. The van der Waals surface area contributed by atoms with Crippen LogP contribution in [0.3, 0.4) is 0 Å². The summed E-state index contributed by atoms with van der Waals surface area (Å²) in [6.45, 7) is 1.97. The molecule has 1 unspecified atom stereocenters. The third kappa shape index (κ3) is 2.53. The molecule has 0 spiro atoms. The number of hydrogen-bond donors (Lipinski definition) is 2. The Morgan fingerprint density at radius 1 is 1.71 bits per heavy atom. The monoisotopic (exact) mass is 218 g/mol. The minimum Gasteiger partial charge on any atom is -0.329 e. The molecular formula is C7H14N4O2S. The molecule has 0 aliphatic heterocycles. The highest BCUT2D eigenvalue weighted by molar-refractivity contribution is 7.89. The van der Waals surface area contributed by atoms with E-state index in [-0.39, 0.29) is 17.5 Å². The van der Waals surface area contributed by atoms with Crippen LogP contribution in [-0.4, -0.2) is 30.8 Å². The lowest BCUT2D eigenvalue weighted by molar-refractivity contribution is 0.562. The van der Waals surface area contributed by atoms with Crippen molar-refractivity contribution in [1.82, 2.24) is 14.5 Å². The maximum absolute atomic E-state index is 11.6. The highest BCUT2D eigenvalue weighted by atomic mass is 32.2. The fourth-order valence-corrected chi connectivity index (χ4v) is 2.16. The van der Waals surface area contributed by atoms with Crippen molar-refractivity contribution < 1.29 is 8.42 Å². The van der Waals surface area contributed by atoms with Gasteiger partial charge in [-0.05, 0) is 6.92 Å². The number of aromatic nitrogens is 2. The van der Waals surface area contributed by atoms with E-state index in [1.54, 1.807) is 14.0 Å². The van der Waals surface area contributed by atoms with Gasteiger partial charge >= 0.3 is 0 Å². The lowest BCUT2D eigenvalue weighted by Crippen LogP contribution is -2.37. The van der Waals surface area contributed by atoms with Crippen molar-refractivity contribution in [3.05, 3.63) is 12.4 Å². The van der Waals surface area contributed by atoms with Crippen molar-refractivity contribution in [3.63, 3.8) is 0 Å². The smallest absolute Gasteiger partial charge is 0.243 e. The molecule has 80 valence electrons. The quantitative estimate of drug-likeness (QED) is 0.681. The Kier molecular flexibility index (Phi) is 3.25. The molecule has 0 bridgehead atoms. The lowest BCUT2D eigenvalue weighted by atomic mass is 10.4. The zero-order valence-corrected chi connectivity index (χ0v) is 8.95. The molecule has 0 saturated carbocycles. The van der Waals surface area contributed by atoms with E-state index in [9.17, 15) is 8.42 Å². The SMILES string of the molecule is CC(CN)NS(=O)(=O)c1cnn(C)c1. The van der Waals surface area contributed by atoms with Crippen molar-refractivity contribution >= 4 is 10.0 Å². The maximum Gasteiger partial charge on any atom is 0.243 e. The van der Waals surface area contributed by atoms with Crippen LogP contribution in [-0.2, 0) is 17.1 Å². The van der Waals surface area contributed by atoms with E-state index in [0.717, 1.165) is 0 Å². The third-order valence-corrected chi connectivity index (χ3v) is 3.25. The molecule has 1 heterocycles. The first-order valence-corrected chi connectivity index (χ1v) is 5.65. The Bertz CT molecular complexity index is 398. The zero-order valence-electron chi connectivity index (χ0n) is 8.14. The Morgan fingerprint density at radius 3 is 2.79 bits per heavy atom. The average molecular weight is 218 g/mol. The minimum absolute atomic E-state index is 0.153. The van der Waals surface area contributed by atoms with Gasteiger partial charge in [0.15, 0.2) is 0 Å². The molecule has 7 heteroatoms. The van der Waals surface area contributed by atoms with Crippen molar-refractivity contribution in [3.8, 4) is 0 Å². The molecule has 0 aromatic carbocycles. The topological polar surface area (TPSA) is 90.0 Å². The standard InChI is InChI=1S/C7H14N4O2S/c1-6(3-8)10-14(12,13)7-4-9-11(2)5-7/h4-6,10H,3,8H2,1-2H3. The van der Waals surface area contributed by atoms with Gasteiger partial charge in [0.1, 0.15) is 4.90 Å². The first-order valence-electron chi connectivity index (χ1n) is 4.17. The van der Waals surface area contributed by atoms with E-state index in [2.05, 4.69) is 9.82 Å². The van der Waals surface area contributed by atoms with Gasteiger partial charge in [0, 0.05) is 25.8 Å². The van der Waals surface area contributed by atoms with Gasteiger partial charge in [0.25, 0.3) is 0 Å². The lowest BCUT2D eigenvalue weighted by Gasteiger charge is -2.09. The molecule has 6 nitrogen and oxygen atoms in total. The number of sulfonamides is 1. The molecule has 0 aliphatic carbocycles. The van der Waals surface area contributed by atoms with Gasteiger partial charge < -0.3 is 5.73 Å². The number of aryl methyl sites for hydroxylation is 1. The second-order valence-corrected chi connectivity index (χ2v) is 4.82. The van der Waals surface area contributed by atoms with Crippen LogP contribution in [0.2, 0.25) is 0 Å². The predicted molar refractivity (Wildman–Crippen MR) is 52.0 cm³/mol. The van der Waals surface area contributed by atoms with Crippen molar-refractivity contribution in [2.24, 2.45) is 12.8 Å². The summed E-state index contributed by atoms with van der Waals surface area (Å²) in [6.07, 6.45) is 2.73. The first-order chi connectivity index (χ1) is 6.45. The Hall–Kier alpha value is -0.920. The molecule has 1 atom stereocenters. The summed E-state index contributed by atoms with van der Waals surface area (Å²) in [5.41, 5.74) is 5.31. The Balaban J connectivity index is 2.86. The summed E-state index contributed by atoms with van der Waals surface area (Å²) in [7, 11) is -1.81. The molecule has 1 aromatic rings. The number of nitrogens with zero attached hydrogens (tertiary/aromatic N) is 2. The molecule has 0 aliphatic rings. The van der Waals surface area contributed by atoms with Crippen LogP contribution in [0.1, 0.15) is 6.92 Å². The largest absolute Gasteiger partial charge is 0.329 e. The summed E-state index contributed by atoms with van der Waals surface area (Å²) in [5, 5.41) is 3.78. The Labute approximate surface area is 83.1 Å². The molecule has 14 heavy (non-hydrogen) atoms. The molecule has 3 N–H and O–H groups in total. The number of nitrogens with two attached hydrogens (primary N) is 1. The van der Waals surface area contributed by atoms with E-state index in [1.807, 2.05) is 0 Å². The summed E-state index contributed by atoms with van der Waals surface area (Å²) >= 11 is 0. The van der Waals surface area contributed by atoms with Gasteiger partial charge in [0.2, 0.25) is 10.0 Å². The van der Waals surface area contributed by atoms with Crippen LogP contribution >= 0.6 is 0 Å². The van der Waals surface area contributed by atoms with Crippen molar-refractivity contribution in [2.45, 2.75) is 17.9 Å². The van der Waals surface area contributed by atoms with Crippen LogP contribution in [0.25, 0.3) is 0 Å². The minimum atomic E-state index is -3.46. The first kappa shape index (κ1) is 11.2. The van der Waals surface area contributed by atoms with Crippen molar-refractivity contribution in [1.29, 1.82) is 0 Å². The normalized spacial score (nSPS) is 14.2. The van der Waals surface area contributed by atoms with Gasteiger partial charge in [0.05, 0.1) is 6.20 Å². The zero-order chi connectivity index (χ0) is 10.8. The van der Waals surface area contributed by atoms with Gasteiger partial charge in [-0.15, -0.1) is 0 Å². The van der Waals surface area contributed by atoms with Crippen LogP contribution in [0.5, 0.6) is 0 Å². The highest BCUT2D eigenvalue weighted by Gasteiger charge is 2.17. The molecule has 0 fully saturated rings. The summed E-state index contributed by atoms with van der Waals surface area (Å²) in [5.74, 6) is 0. The molecule has 0 saturated heterocycles. The van der Waals surface area contributed by atoms with Crippen LogP contribution in [0.4, 0.5) is 0 Å². The molecule has 0 amide bonds. The van der Waals surface area contributed by atoms with Gasteiger partial charge in [-0.2, -0.15) is 5.10 Å². The van der Waals surface area contributed by atoms with Crippen LogP contribution in [0, 0.1) is 0 Å². The fourth-order valence-electron chi connectivity index (χ4n) is 0.919. The Morgan fingerprint density at radius 2 is 2.36 bits per heavy atom. The van der Waals surface area contributed by atoms with Gasteiger partial charge in [-0.1, -0.05) is 0 Å². The van der Waals surface area contributed by atoms with Crippen molar-refractivity contribution in [2.75, 3.05) is 6.54 Å².